The number of rotatable bonds is 4. The van der Waals surface area contributed by atoms with E-state index in [1.54, 1.807) is 0 Å². The standard InChI is InChI=1S/C14H17N5O2/c1-4-11-17-12-8(2)7-9(15-13(12)19(11)3)5-6-10-16-14(20)21-18-10/h7H,4-6H2,1-3H3,(H,16,18,20). The monoisotopic (exact) mass is 287 g/mol. The summed E-state index contributed by atoms with van der Waals surface area (Å²) in [6, 6.07) is 2.03. The van der Waals surface area contributed by atoms with Gasteiger partial charge in [-0.15, -0.1) is 0 Å². The molecule has 21 heavy (non-hydrogen) atoms. The number of aryl methyl sites for hydroxylation is 5. The van der Waals surface area contributed by atoms with Gasteiger partial charge in [0.25, 0.3) is 0 Å². The average Bonchev–Trinajstić information content (AvgIpc) is 3.01. The highest BCUT2D eigenvalue weighted by Crippen LogP contribution is 2.19. The largest absolute Gasteiger partial charge is 0.438 e. The summed E-state index contributed by atoms with van der Waals surface area (Å²) in [7, 11) is 1.99. The number of aromatic amines is 1. The Bertz CT molecular complexity index is 843. The molecule has 3 aromatic rings. The Balaban J connectivity index is 1.92. The summed E-state index contributed by atoms with van der Waals surface area (Å²) in [6.45, 7) is 4.12. The molecule has 1 N–H and O–H groups in total. The van der Waals surface area contributed by atoms with Gasteiger partial charge in [0, 0.05) is 25.6 Å². The molecule has 110 valence electrons. The molecule has 0 saturated carbocycles. The van der Waals surface area contributed by atoms with Crippen LogP contribution in [-0.2, 0) is 26.3 Å². The minimum atomic E-state index is -0.524. The first-order valence-electron chi connectivity index (χ1n) is 6.95. The first kappa shape index (κ1) is 13.5. The van der Waals surface area contributed by atoms with Crippen molar-refractivity contribution in [2.75, 3.05) is 0 Å². The third-order valence-corrected chi connectivity index (χ3v) is 3.58. The Labute approximate surface area is 121 Å². The summed E-state index contributed by atoms with van der Waals surface area (Å²) in [4.78, 5) is 22.7. The quantitative estimate of drug-likeness (QED) is 0.781. The fourth-order valence-corrected chi connectivity index (χ4v) is 2.47. The Hall–Kier alpha value is -2.44. The van der Waals surface area contributed by atoms with Gasteiger partial charge in [0.15, 0.2) is 11.5 Å². The van der Waals surface area contributed by atoms with Gasteiger partial charge in [-0.25, -0.2) is 14.8 Å². The van der Waals surface area contributed by atoms with Crippen LogP contribution >= 0.6 is 0 Å². The van der Waals surface area contributed by atoms with Crippen LogP contribution in [0.15, 0.2) is 15.4 Å². The lowest BCUT2D eigenvalue weighted by Gasteiger charge is -2.03. The van der Waals surface area contributed by atoms with E-state index in [1.807, 2.05) is 24.6 Å². The Morgan fingerprint density at radius 2 is 2.14 bits per heavy atom. The third kappa shape index (κ3) is 2.46. The van der Waals surface area contributed by atoms with E-state index in [9.17, 15) is 4.79 Å². The summed E-state index contributed by atoms with van der Waals surface area (Å²) in [5.41, 5.74) is 3.91. The number of imidazole rings is 1. The average molecular weight is 287 g/mol. The molecule has 0 aliphatic heterocycles. The number of nitrogens with zero attached hydrogens (tertiary/aromatic N) is 4. The highest BCUT2D eigenvalue weighted by atomic mass is 16.5. The fourth-order valence-electron chi connectivity index (χ4n) is 2.47. The van der Waals surface area contributed by atoms with Crippen LogP contribution in [-0.4, -0.2) is 24.7 Å². The van der Waals surface area contributed by atoms with Crippen molar-refractivity contribution in [3.05, 3.63) is 39.5 Å². The second-order valence-electron chi connectivity index (χ2n) is 5.09. The zero-order valence-corrected chi connectivity index (χ0v) is 12.3. The third-order valence-electron chi connectivity index (χ3n) is 3.58. The fraction of sp³-hybridized carbons (Fsp3) is 0.429. The van der Waals surface area contributed by atoms with Gasteiger partial charge in [0.1, 0.15) is 11.3 Å². The number of hydrogen-bond donors (Lipinski definition) is 1. The molecule has 0 spiro atoms. The molecule has 0 bridgehead atoms. The minimum Gasteiger partial charge on any atom is -0.316 e. The molecule has 0 radical (unpaired) electrons. The van der Waals surface area contributed by atoms with E-state index in [0.717, 1.165) is 34.7 Å². The maximum absolute atomic E-state index is 10.9. The summed E-state index contributed by atoms with van der Waals surface area (Å²) in [5, 5.41) is 3.66. The van der Waals surface area contributed by atoms with Crippen molar-refractivity contribution < 1.29 is 4.52 Å². The van der Waals surface area contributed by atoms with Crippen LogP contribution in [0.4, 0.5) is 0 Å². The van der Waals surface area contributed by atoms with E-state index in [2.05, 4.69) is 31.6 Å². The second-order valence-corrected chi connectivity index (χ2v) is 5.09. The number of H-pyrrole nitrogens is 1. The van der Waals surface area contributed by atoms with Crippen molar-refractivity contribution in [1.29, 1.82) is 0 Å². The van der Waals surface area contributed by atoms with Crippen molar-refractivity contribution in [2.24, 2.45) is 7.05 Å². The van der Waals surface area contributed by atoms with Gasteiger partial charge in [0.2, 0.25) is 0 Å². The number of pyridine rings is 1. The normalized spacial score (nSPS) is 11.4. The van der Waals surface area contributed by atoms with Gasteiger partial charge >= 0.3 is 5.76 Å². The zero-order chi connectivity index (χ0) is 15.0. The van der Waals surface area contributed by atoms with Gasteiger partial charge in [-0.1, -0.05) is 12.1 Å². The van der Waals surface area contributed by atoms with Gasteiger partial charge < -0.3 is 4.57 Å². The molecule has 3 heterocycles. The summed E-state index contributed by atoms with van der Waals surface area (Å²) in [5.74, 6) is 1.04. The first-order valence-corrected chi connectivity index (χ1v) is 6.95. The molecule has 0 atom stereocenters. The van der Waals surface area contributed by atoms with Gasteiger partial charge in [-0.3, -0.25) is 9.51 Å². The summed E-state index contributed by atoms with van der Waals surface area (Å²) in [6.07, 6.45) is 2.15. The highest BCUT2D eigenvalue weighted by Gasteiger charge is 2.12. The SMILES string of the molecule is CCc1nc2c(C)cc(CCc3noc(=O)[nH]3)nc2n1C. The van der Waals surface area contributed by atoms with Gasteiger partial charge in [-0.05, 0) is 25.0 Å². The van der Waals surface area contributed by atoms with E-state index in [-0.39, 0.29) is 0 Å². The van der Waals surface area contributed by atoms with E-state index < -0.39 is 5.76 Å². The van der Waals surface area contributed by atoms with Crippen LogP contribution in [0.1, 0.15) is 29.8 Å². The smallest absolute Gasteiger partial charge is 0.316 e. The molecule has 7 heteroatoms. The van der Waals surface area contributed by atoms with Crippen molar-refractivity contribution >= 4 is 11.2 Å². The molecule has 0 aliphatic rings. The van der Waals surface area contributed by atoms with Crippen molar-refractivity contribution in [3.8, 4) is 0 Å². The van der Waals surface area contributed by atoms with E-state index >= 15 is 0 Å². The van der Waals surface area contributed by atoms with Crippen LogP contribution < -0.4 is 5.76 Å². The predicted octanol–water partition coefficient (Wildman–Crippen LogP) is 1.30. The Kier molecular flexibility index (Phi) is 3.32. The maximum Gasteiger partial charge on any atom is 0.438 e. The molecule has 0 saturated heterocycles. The van der Waals surface area contributed by atoms with Crippen LogP contribution in [0.5, 0.6) is 0 Å². The van der Waals surface area contributed by atoms with Gasteiger partial charge in [-0.2, -0.15) is 0 Å². The van der Waals surface area contributed by atoms with Crippen LogP contribution in [0.3, 0.4) is 0 Å². The van der Waals surface area contributed by atoms with Crippen LogP contribution in [0, 0.1) is 6.92 Å². The first-order chi connectivity index (χ1) is 10.1. The predicted molar refractivity (Wildman–Crippen MR) is 77.2 cm³/mol. The van der Waals surface area contributed by atoms with Crippen molar-refractivity contribution in [2.45, 2.75) is 33.1 Å². The number of fused-ring (bicyclic) bond motifs is 1. The highest BCUT2D eigenvalue weighted by molar-refractivity contribution is 5.75. The number of nitrogens with one attached hydrogen (secondary N) is 1. The Morgan fingerprint density at radius 3 is 2.81 bits per heavy atom. The lowest BCUT2D eigenvalue weighted by Crippen LogP contribution is -2.02. The van der Waals surface area contributed by atoms with Gasteiger partial charge in [0.05, 0.1) is 0 Å². The molecular formula is C14H17N5O2. The van der Waals surface area contributed by atoms with Crippen LogP contribution in [0.2, 0.25) is 0 Å². The Morgan fingerprint density at radius 1 is 1.33 bits per heavy atom. The molecule has 3 aromatic heterocycles. The van der Waals surface area contributed by atoms with E-state index in [4.69, 9.17) is 0 Å². The molecule has 0 aromatic carbocycles. The zero-order valence-electron chi connectivity index (χ0n) is 12.3. The number of aromatic nitrogens is 5. The molecular weight excluding hydrogens is 270 g/mol. The molecule has 0 fully saturated rings. The molecule has 3 rings (SSSR count). The van der Waals surface area contributed by atoms with E-state index in [0.29, 0.717) is 18.7 Å². The van der Waals surface area contributed by atoms with E-state index in [1.165, 1.54) is 0 Å². The van der Waals surface area contributed by atoms with Crippen molar-refractivity contribution in [3.63, 3.8) is 0 Å². The molecule has 7 nitrogen and oxygen atoms in total. The maximum atomic E-state index is 10.9. The molecule has 0 amide bonds. The minimum absolute atomic E-state index is 0.524. The second kappa shape index (κ2) is 5.16. The summed E-state index contributed by atoms with van der Waals surface area (Å²) < 4.78 is 6.52. The van der Waals surface area contributed by atoms with Crippen molar-refractivity contribution in [1.82, 2.24) is 24.7 Å². The lowest BCUT2D eigenvalue weighted by molar-refractivity contribution is 0.381. The summed E-state index contributed by atoms with van der Waals surface area (Å²) >= 11 is 0. The number of hydrogen-bond acceptors (Lipinski definition) is 5. The lowest BCUT2D eigenvalue weighted by atomic mass is 10.1. The molecule has 0 unspecified atom stereocenters. The topological polar surface area (TPSA) is 89.6 Å². The van der Waals surface area contributed by atoms with Crippen LogP contribution in [0.25, 0.3) is 11.2 Å². The molecule has 0 aliphatic carbocycles.